The predicted molar refractivity (Wildman–Crippen MR) is 131 cm³/mol. The monoisotopic (exact) mass is 548 g/mol. The Labute approximate surface area is 206 Å². The van der Waals surface area contributed by atoms with E-state index in [2.05, 4.69) is 5.10 Å². The summed E-state index contributed by atoms with van der Waals surface area (Å²) in [5.41, 5.74) is 0.568. The van der Waals surface area contributed by atoms with Crippen LogP contribution in [0.15, 0.2) is 41.3 Å². The van der Waals surface area contributed by atoms with Gasteiger partial charge < -0.3 is 14.7 Å². The summed E-state index contributed by atoms with van der Waals surface area (Å²) in [6, 6.07) is 7.88. The fourth-order valence-corrected chi connectivity index (χ4v) is 6.90. The Morgan fingerprint density at radius 1 is 1.09 bits per heavy atom. The minimum absolute atomic E-state index is 0.0308. The number of halogens is 2. The lowest BCUT2D eigenvalue weighted by Gasteiger charge is -2.25. The van der Waals surface area contributed by atoms with Crippen LogP contribution in [0.1, 0.15) is 24.3 Å². The highest BCUT2D eigenvalue weighted by Gasteiger charge is 2.32. The van der Waals surface area contributed by atoms with Crippen LogP contribution < -0.4 is 4.31 Å². The molecule has 14 heteroatoms. The van der Waals surface area contributed by atoms with E-state index in [-0.39, 0.29) is 32.2 Å². The molecule has 0 atom stereocenters. The Morgan fingerprint density at radius 2 is 1.68 bits per heavy atom. The summed E-state index contributed by atoms with van der Waals surface area (Å²) in [5, 5.41) is 4.86. The molecule has 0 radical (unpaired) electrons. The van der Waals surface area contributed by atoms with Crippen LogP contribution in [0.2, 0.25) is 10.0 Å². The van der Waals surface area contributed by atoms with Gasteiger partial charge in [0.05, 0.1) is 16.1 Å². The van der Waals surface area contributed by atoms with Crippen molar-refractivity contribution in [1.82, 2.24) is 14.7 Å². The molecule has 0 saturated heterocycles. The molecule has 0 fully saturated rings. The first kappa shape index (κ1) is 26.5. The van der Waals surface area contributed by atoms with Gasteiger partial charge in [-0.1, -0.05) is 23.2 Å². The van der Waals surface area contributed by atoms with Gasteiger partial charge >= 0.3 is 7.60 Å². The molecule has 1 heterocycles. The van der Waals surface area contributed by atoms with Gasteiger partial charge in [0.2, 0.25) is 0 Å². The Morgan fingerprint density at radius 3 is 2.21 bits per heavy atom. The molecule has 0 spiro atoms. The van der Waals surface area contributed by atoms with Gasteiger partial charge in [0, 0.05) is 35.6 Å². The molecule has 0 bridgehead atoms. The van der Waals surface area contributed by atoms with Crippen LogP contribution >= 0.6 is 30.8 Å². The number of carbonyl (C=O) groups is 1. The molecule has 0 saturated carbocycles. The van der Waals surface area contributed by atoms with E-state index in [1.54, 1.807) is 11.9 Å². The molecular weight excluding hydrogens is 526 g/mol. The number of rotatable bonds is 8. The third kappa shape index (κ3) is 5.40. The van der Waals surface area contributed by atoms with Crippen LogP contribution in [-0.4, -0.2) is 58.2 Å². The lowest BCUT2D eigenvalue weighted by Crippen LogP contribution is -2.32. The van der Waals surface area contributed by atoms with E-state index in [9.17, 15) is 27.6 Å². The normalized spacial score (nSPS) is 12.2. The highest BCUT2D eigenvalue weighted by molar-refractivity contribution is 7.93. The maximum atomic E-state index is 13.4. The first-order valence-electron chi connectivity index (χ1n) is 10.1. The molecule has 184 valence electrons. The smallest absolute Gasteiger partial charge is 0.338 e. The van der Waals surface area contributed by atoms with Gasteiger partial charge in [-0.05, 0) is 50.2 Å². The molecule has 10 nitrogen and oxygen atoms in total. The van der Waals surface area contributed by atoms with E-state index in [1.807, 2.05) is 13.8 Å². The minimum atomic E-state index is -4.83. The molecule has 1 aromatic heterocycles. The van der Waals surface area contributed by atoms with Gasteiger partial charge in [0.1, 0.15) is 6.29 Å². The van der Waals surface area contributed by atoms with Crippen LogP contribution in [0, 0.1) is 0 Å². The van der Waals surface area contributed by atoms with Crippen molar-refractivity contribution in [3.8, 4) is 0 Å². The summed E-state index contributed by atoms with van der Waals surface area (Å²) in [6.07, 6.45) is -1.12. The van der Waals surface area contributed by atoms with Gasteiger partial charge in [-0.3, -0.25) is 18.3 Å². The number of benzene rings is 2. The topological polar surface area (TPSA) is 133 Å². The predicted octanol–water partition coefficient (Wildman–Crippen LogP) is 3.69. The Hall–Kier alpha value is -2.14. The van der Waals surface area contributed by atoms with E-state index in [0.29, 0.717) is 28.3 Å². The molecule has 0 aliphatic rings. The molecule has 3 aromatic rings. The van der Waals surface area contributed by atoms with Crippen LogP contribution in [0.3, 0.4) is 0 Å². The number of carbonyl (C=O) groups excluding carboxylic acids is 1. The van der Waals surface area contributed by atoms with Crippen molar-refractivity contribution in [3.05, 3.63) is 52.1 Å². The molecule has 0 aliphatic carbocycles. The lowest BCUT2D eigenvalue weighted by atomic mass is 10.1. The summed E-state index contributed by atoms with van der Waals surface area (Å²) in [7, 11) is -7.72. The zero-order valence-corrected chi connectivity index (χ0v) is 21.7. The van der Waals surface area contributed by atoms with E-state index in [0.717, 1.165) is 12.1 Å². The first-order valence-corrected chi connectivity index (χ1v) is 14.1. The first-order chi connectivity index (χ1) is 15.8. The van der Waals surface area contributed by atoms with Crippen molar-refractivity contribution >= 4 is 63.3 Å². The Kier molecular flexibility index (Phi) is 7.66. The maximum Gasteiger partial charge on any atom is 0.345 e. The summed E-state index contributed by atoms with van der Waals surface area (Å²) >= 11 is 11.9. The molecule has 1 amide bonds. The van der Waals surface area contributed by atoms with E-state index >= 15 is 0 Å². The van der Waals surface area contributed by atoms with Gasteiger partial charge in [0.15, 0.2) is 5.69 Å². The number of nitrogens with zero attached hydrogens (tertiary/aromatic N) is 4. The second-order valence-electron chi connectivity index (χ2n) is 7.42. The zero-order chi connectivity index (χ0) is 25.4. The van der Waals surface area contributed by atoms with Gasteiger partial charge in [-0.2, -0.15) is 5.10 Å². The van der Waals surface area contributed by atoms with Crippen molar-refractivity contribution in [2.45, 2.75) is 18.7 Å². The Balaban J connectivity index is 2.18. The second-order valence-corrected chi connectivity index (χ2v) is 11.8. The average molecular weight is 549 g/mol. The summed E-state index contributed by atoms with van der Waals surface area (Å²) < 4.78 is 40.7. The van der Waals surface area contributed by atoms with Gasteiger partial charge in [0.25, 0.3) is 15.9 Å². The Bertz CT molecular complexity index is 1380. The highest BCUT2D eigenvalue weighted by Crippen LogP contribution is 2.40. The van der Waals surface area contributed by atoms with Crippen LogP contribution in [0.25, 0.3) is 10.9 Å². The van der Waals surface area contributed by atoms with E-state index < -0.39 is 23.9 Å². The highest BCUT2D eigenvalue weighted by atomic mass is 35.5. The van der Waals surface area contributed by atoms with Crippen molar-refractivity contribution in [1.29, 1.82) is 0 Å². The van der Waals surface area contributed by atoms with Crippen molar-refractivity contribution in [2.24, 2.45) is 7.05 Å². The molecule has 2 N–H and O–H groups in total. The zero-order valence-electron chi connectivity index (χ0n) is 18.5. The standard InChI is InChI=1S/C20H23Cl2N4O6PS/c1-4-25(5-2)20(27)19-17-7-6-15(11-18(17)24(3)23-19)26(12-33(28,29)30)34(31,32)16-9-13(21)8-14(22)10-16/h6-11H,4-5,12H2,1-3H3,(H2,28,29,30). The van der Waals surface area contributed by atoms with Crippen molar-refractivity contribution < 1.29 is 27.6 Å². The second kappa shape index (κ2) is 9.85. The SMILES string of the molecule is CCN(CC)C(=O)c1nn(C)c2cc(N(CP(=O)(O)O)S(=O)(=O)c3cc(Cl)cc(Cl)c3)ccc12. The molecule has 3 rings (SSSR count). The molecule has 0 unspecified atom stereocenters. The third-order valence-electron chi connectivity index (χ3n) is 5.11. The fraction of sp³-hybridized carbons (Fsp3) is 0.300. The van der Waals surface area contributed by atoms with E-state index in [1.165, 1.54) is 28.9 Å². The van der Waals surface area contributed by atoms with Crippen molar-refractivity contribution in [2.75, 3.05) is 23.7 Å². The van der Waals surface area contributed by atoms with Crippen LogP contribution in [-0.2, 0) is 21.6 Å². The van der Waals surface area contributed by atoms with Crippen LogP contribution in [0.5, 0.6) is 0 Å². The summed E-state index contributed by atoms with van der Waals surface area (Å²) in [6.45, 7) is 4.67. The van der Waals surface area contributed by atoms with Crippen LogP contribution in [0.4, 0.5) is 5.69 Å². The number of hydrogen-bond donors (Lipinski definition) is 2. The third-order valence-corrected chi connectivity index (χ3v) is 8.14. The molecular formula is C20H23Cl2N4O6PS. The fourth-order valence-electron chi connectivity index (χ4n) is 3.49. The van der Waals surface area contributed by atoms with Gasteiger partial charge in [-0.15, -0.1) is 0 Å². The number of sulfonamides is 1. The van der Waals surface area contributed by atoms with Crippen molar-refractivity contribution in [3.63, 3.8) is 0 Å². The average Bonchev–Trinajstić information content (AvgIpc) is 3.07. The number of aryl methyl sites for hydroxylation is 1. The maximum absolute atomic E-state index is 13.4. The lowest BCUT2D eigenvalue weighted by molar-refractivity contribution is 0.0768. The largest absolute Gasteiger partial charge is 0.345 e. The van der Waals surface area contributed by atoms with Gasteiger partial charge in [-0.25, -0.2) is 8.42 Å². The number of aromatic nitrogens is 2. The molecule has 0 aliphatic heterocycles. The van der Waals surface area contributed by atoms with E-state index in [4.69, 9.17) is 23.2 Å². The summed E-state index contributed by atoms with van der Waals surface area (Å²) in [5.74, 6) is -0.281. The molecule has 2 aromatic carbocycles. The summed E-state index contributed by atoms with van der Waals surface area (Å²) in [4.78, 5) is 33.4. The quantitative estimate of drug-likeness (QED) is 0.410. The number of amides is 1. The number of fused-ring (bicyclic) bond motifs is 1. The minimum Gasteiger partial charge on any atom is -0.338 e. The number of hydrogen-bond acceptors (Lipinski definition) is 5. The number of anilines is 1. The molecule has 34 heavy (non-hydrogen) atoms.